The zero-order valence-electron chi connectivity index (χ0n) is 18.2. The first-order chi connectivity index (χ1) is 15.4. The van der Waals surface area contributed by atoms with Crippen molar-refractivity contribution in [2.24, 2.45) is 0 Å². The molecule has 1 atom stereocenters. The smallest absolute Gasteiger partial charge is 0.261 e. The number of nitrogens with zero attached hydrogens (tertiary/aromatic N) is 1. The molecule has 32 heavy (non-hydrogen) atoms. The lowest BCUT2D eigenvalue weighted by Crippen LogP contribution is -2.31. The number of anilines is 1. The second kappa shape index (κ2) is 9.73. The van der Waals surface area contributed by atoms with Gasteiger partial charge in [-0.2, -0.15) is 0 Å². The Morgan fingerprint density at radius 3 is 2.56 bits per heavy atom. The van der Waals surface area contributed by atoms with E-state index in [1.807, 2.05) is 12.1 Å². The van der Waals surface area contributed by atoms with Crippen LogP contribution >= 0.6 is 0 Å². The van der Waals surface area contributed by atoms with E-state index in [0.29, 0.717) is 4.90 Å². The molecule has 0 saturated carbocycles. The Labute approximate surface area is 188 Å². The van der Waals surface area contributed by atoms with Crippen molar-refractivity contribution in [1.82, 2.24) is 10.3 Å². The van der Waals surface area contributed by atoms with Crippen LogP contribution in [0.1, 0.15) is 53.7 Å². The first kappa shape index (κ1) is 22.3. The summed E-state index contributed by atoms with van der Waals surface area (Å²) in [5.41, 5.74) is 2.76. The Hall–Kier alpha value is -2.87. The van der Waals surface area contributed by atoms with Gasteiger partial charge < -0.3 is 15.2 Å². The summed E-state index contributed by atoms with van der Waals surface area (Å²) in [6.07, 6.45) is 8.95. The van der Waals surface area contributed by atoms with Crippen LogP contribution < -0.4 is 15.8 Å². The monoisotopic (exact) mass is 454 g/mol. The number of carbonyl (C=O) groups excluding carboxylic acids is 1. The predicted octanol–water partition coefficient (Wildman–Crippen LogP) is 3.59. The zero-order chi connectivity index (χ0) is 22.6. The van der Waals surface area contributed by atoms with Gasteiger partial charge in [-0.05, 0) is 80.8 Å². The number of rotatable bonds is 6. The van der Waals surface area contributed by atoms with Crippen molar-refractivity contribution in [3.05, 3.63) is 69.0 Å². The molecule has 8 heteroatoms. The van der Waals surface area contributed by atoms with Gasteiger partial charge in [-0.3, -0.25) is 9.59 Å². The summed E-state index contributed by atoms with van der Waals surface area (Å²) in [6, 6.07) is 9.02. The molecular weight excluding hydrogens is 424 g/mol. The van der Waals surface area contributed by atoms with E-state index in [2.05, 4.69) is 15.2 Å². The third-order valence-electron chi connectivity index (χ3n) is 6.16. The molecule has 0 radical (unpaired) electrons. The Balaban J connectivity index is 1.36. The standard InChI is InChI=1S/C24H30N4O3S/c25-32(31,20-11-9-19(10-12-20)28-14-4-1-5-15-28)16-6-13-26-23(29)21-17-18-7-2-3-8-22(18)27-24(21)30/h6,9-12,16-17,25H,1-5,7-8,13-15H2,(H,26,29)(H,27,30)/b16-6+. The molecule has 0 spiro atoms. The van der Waals surface area contributed by atoms with Gasteiger partial charge in [0.1, 0.15) is 5.56 Å². The van der Waals surface area contributed by atoms with E-state index in [9.17, 15) is 13.8 Å². The fourth-order valence-corrected chi connectivity index (χ4v) is 5.43. The summed E-state index contributed by atoms with van der Waals surface area (Å²) in [5.74, 6) is -0.466. The van der Waals surface area contributed by atoms with Gasteiger partial charge in [-0.15, -0.1) is 0 Å². The van der Waals surface area contributed by atoms with Crippen LogP contribution in [0.5, 0.6) is 0 Å². The number of fused-ring (bicyclic) bond motifs is 1. The molecule has 7 nitrogen and oxygen atoms in total. The molecule has 1 amide bonds. The molecule has 1 fully saturated rings. The lowest BCUT2D eigenvalue weighted by molar-refractivity contribution is 0.0956. The number of H-pyrrole nitrogens is 1. The molecule has 3 N–H and O–H groups in total. The molecule has 2 aromatic rings. The zero-order valence-corrected chi connectivity index (χ0v) is 19.0. The molecule has 1 aliphatic heterocycles. The van der Waals surface area contributed by atoms with Crippen molar-refractivity contribution >= 4 is 21.3 Å². The Morgan fingerprint density at radius 2 is 1.81 bits per heavy atom. The van der Waals surface area contributed by atoms with Gasteiger partial charge in [0.2, 0.25) is 0 Å². The molecule has 1 aromatic carbocycles. The molecule has 2 heterocycles. The van der Waals surface area contributed by atoms with Crippen LogP contribution in [0.4, 0.5) is 5.69 Å². The van der Waals surface area contributed by atoms with Crippen LogP contribution in [0.2, 0.25) is 0 Å². The summed E-state index contributed by atoms with van der Waals surface area (Å²) in [5, 5.41) is 3.98. The third-order valence-corrected chi connectivity index (χ3v) is 7.71. The number of aromatic nitrogens is 1. The van der Waals surface area contributed by atoms with Gasteiger partial charge in [0.25, 0.3) is 11.5 Å². The summed E-state index contributed by atoms with van der Waals surface area (Å²) in [6.45, 7) is 2.15. The van der Waals surface area contributed by atoms with E-state index < -0.39 is 15.6 Å². The molecule has 1 aliphatic carbocycles. The maximum Gasteiger partial charge on any atom is 0.261 e. The molecule has 0 bridgehead atoms. The van der Waals surface area contributed by atoms with E-state index in [4.69, 9.17) is 4.78 Å². The highest BCUT2D eigenvalue weighted by Crippen LogP contribution is 2.23. The van der Waals surface area contributed by atoms with Gasteiger partial charge >= 0.3 is 0 Å². The van der Waals surface area contributed by atoms with Crippen LogP contribution in [-0.2, 0) is 22.6 Å². The minimum atomic E-state index is -3.11. The van der Waals surface area contributed by atoms with E-state index >= 15 is 0 Å². The molecule has 1 aromatic heterocycles. The average molecular weight is 455 g/mol. The fourth-order valence-electron chi connectivity index (χ4n) is 4.36. The quantitative estimate of drug-likeness (QED) is 0.620. The maximum absolute atomic E-state index is 12.8. The minimum Gasteiger partial charge on any atom is -0.372 e. The summed E-state index contributed by atoms with van der Waals surface area (Å²) < 4.78 is 21.0. The summed E-state index contributed by atoms with van der Waals surface area (Å²) >= 11 is 0. The van der Waals surface area contributed by atoms with Crippen molar-refractivity contribution in [2.75, 3.05) is 24.5 Å². The second-order valence-corrected chi connectivity index (χ2v) is 10.4. The highest BCUT2D eigenvalue weighted by molar-refractivity contribution is 7.95. The van der Waals surface area contributed by atoms with Crippen molar-refractivity contribution in [3.63, 3.8) is 0 Å². The molecule has 170 valence electrons. The molecule has 4 rings (SSSR count). The molecule has 2 aliphatic rings. The van der Waals surface area contributed by atoms with E-state index in [-0.39, 0.29) is 17.7 Å². The fraction of sp³-hybridized carbons (Fsp3) is 0.417. The summed E-state index contributed by atoms with van der Waals surface area (Å²) in [4.78, 5) is 30.3. The topological polar surface area (TPSA) is 106 Å². The first-order valence-corrected chi connectivity index (χ1v) is 12.9. The Kier molecular flexibility index (Phi) is 6.79. The number of benzene rings is 1. The molecule has 1 saturated heterocycles. The van der Waals surface area contributed by atoms with Gasteiger partial charge in [0.15, 0.2) is 0 Å². The normalized spacial score (nSPS) is 18.2. The highest BCUT2D eigenvalue weighted by Gasteiger charge is 2.17. The predicted molar refractivity (Wildman–Crippen MR) is 127 cm³/mol. The van der Waals surface area contributed by atoms with Crippen LogP contribution in [0.25, 0.3) is 0 Å². The number of aromatic amines is 1. The van der Waals surface area contributed by atoms with Crippen LogP contribution in [0.15, 0.2) is 51.5 Å². The molecule has 1 unspecified atom stereocenters. The number of carbonyl (C=O) groups is 1. The van der Waals surface area contributed by atoms with E-state index in [0.717, 1.165) is 55.7 Å². The summed E-state index contributed by atoms with van der Waals surface area (Å²) in [7, 11) is -3.11. The largest absolute Gasteiger partial charge is 0.372 e. The van der Waals surface area contributed by atoms with Crippen molar-refractivity contribution in [2.45, 2.75) is 49.8 Å². The third kappa shape index (κ3) is 5.12. The number of hydrogen-bond acceptors (Lipinski definition) is 5. The van der Waals surface area contributed by atoms with Crippen LogP contribution in [-0.4, -0.2) is 34.7 Å². The van der Waals surface area contributed by atoms with Gasteiger partial charge in [0.05, 0.1) is 14.6 Å². The van der Waals surface area contributed by atoms with E-state index in [1.54, 1.807) is 18.2 Å². The van der Waals surface area contributed by atoms with Crippen molar-refractivity contribution < 1.29 is 9.00 Å². The highest BCUT2D eigenvalue weighted by atomic mass is 32.2. The number of aryl methyl sites for hydroxylation is 2. The maximum atomic E-state index is 12.8. The van der Waals surface area contributed by atoms with Gasteiger partial charge in [-0.25, -0.2) is 8.99 Å². The number of amides is 1. The Morgan fingerprint density at radius 1 is 1.09 bits per heavy atom. The van der Waals surface area contributed by atoms with Crippen molar-refractivity contribution in [1.29, 1.82) is 4.78 Å². The molecular formula is C24H30N4O3S. The minimum absolute atomic E-state index is 0.0943. The van der Waals surface area contributed by atoms with E-state index in [1.165, 1.54) is 30.7 Å². The van der Waals surface area contributed by atoms with Gasteiger partial charge in [-0.1, -0.05) is 6.08 Å². The lowest BCUT2D eigenvalue weighted by Gasteiger charge is -2.28. The second-order valence-electron chi connectivity index (χ2n) is 8.45. The SMILES string of the molecule is N=S(=O)(/C=C/CNC(=O)c1cc2c([nH]c1=O)CCCC2)c1ccc(N2CCCCC2)cc1. The van der Waals surface area contributed by atoms with Gasteiger partial charge in [0, 0.05) is 36.4 Å². The number of piperidine rings is 1. The number of pyridine rings is 1. The van der Waals surface area contributed by atoms with Crippen LogP contribution in [0, 0.1) is 4.78 Å². The lowest BCUT2D eigenvalue weighted by atomic mass is 9.95. The van der Waals surface area contributed by atoms with Crippen LogP contribution in [0.3, 0.4) is 0 Å². The average Bonchev–Trinajstić information content (AvgIpc) is 2.82. The number of hydrogen-bond donors (Lipinski definition) is 3. The van der Waals surface area contributed by atoms with Crippen molar-refractivity contribution in [3.8, 4) is 0 Å². The number of nitrogens with one attached hydrogen (secondary N) is 3. The Bertz CT molecular complexity index is 1160. The first-order valence-electron chi connectivity index (χ1n) is 11.3.